The summed E-state index contributed by atoms with van der Waals surface area (Å²) < 4.78 is 20.9. The van der Waals surface area contributed by atoms with E-state index in [1.54, 1.807) is 82.5 Å². The molecule has 2 heterocycles. The summed E-state index contributed by atoms with van der Waals surface area (Å²) in [5, 5.41) is 35.1. The minimum Gasteiger partial charge on any atom is -0.497 e. The quantitative estimate of drug-likeness (QED) is 0.0518. The number of halogens is 2. The van der Waals surface area contributed by atoms with Gasteiger partial charge >= 0.3 is 0 Å². The molecule has 18 heteroatoms. The fraction of sp³-hybridized carbons (Fsp3) is 0.318. The van der Waals surface area contributed by atoms with Crippen molar-refractivity contribution in [1.29, 1.82) is 0 Å². The number of aliphatic hydroxyl groups excluding tert-OH is 2. The SMILES string of the molecule is C1CCOC1.[C-]#[N+]c1ccc(N[C@@H](C(=O)NNC(=O)c2ccc(OC)cc2)[C@H](C)O)c(C)c1Cl.[C-]#[N+]c1ccc(N[C@@H](c2nnc(-c3ccc(OC)cc3)o2)[C@H](C)O)c(C)c1Cl. The van der Waals surface area contributed by atoms with Gasteiger partial charge < -0.3 is 39.5 Å². The fourth-order valence-electron chi connectivity index (χ4n) is 5.69. The van der Waals surface area contributed by atoms with Gasteiger partial charge in [-0.2, -0.15) is 0 Å². The predicted octanol–water partition coefficient (Wildman–Crippen LogP) is 8.42. The smallest absolute Gasteiger partial charge is 0.269 e. The minimum absolute atomic E-state index is 0.241. The van der Waals surface area contributed by atoms with Crippen LogP contribution < -0.4 is 31.0 Å². The van der Waals surface area contributed by atoms with E-state index in [9.17, 15) is 19.8 Å². The molecule has 0 bridgehead atoms. The number of nitrogens with one attached hydrogen (secondary N) is 4. The molecule has 0 aliphatic carbocycles. The molecule has 1 aliphatic heterocycles. The number of benzene rings is 4. The van der Waals surface area contributed by atoms with E-state index in [0.29, 0.717) is 56.1 Å². The third kappa shape index (κ3) is 13.1. The maximum absolute atomic E-state index is 12.5. The molecule has 6 rings (SSSR count). The van der Waals surface area contributed by atoms with Crippen molar-refractivity contribution in [2.24, 2.45) is 0 Å². The molecule has 1 saturated heterocycles. The molecule has 2 amide bonds. The van der Waals surface area contributed by atoms with Crippen LogP contribution in [0.1, 0.15) is 60.1 Å². The zero-order chi connectivity index (χ0) is 45.3. The molecule has 0 spiro atoms. The molecular formula is C44H48Cl2N8O8. The van der Waals surface area contributed by atoms with Gasteiger partial charge in [0.15, 0.2) is 0 Å². The van der Waals surface area contributed by atoms with E-state index < -0.39 is 36.1 Å². The van der Waals surface area contributed by atoms with Gasteiger partial charge in [0.1, 0.15) is 23.6 Å². The molecule has 0 saturated carbocycles. The topological polar surface area (TPSA) is 198 Å². The van der Waals surface area contributed by atoms with Crippen molar-refractivity contribution in [3.8, 4) is 23.0 Å². The molecule has 1 fully saturated rings. The number of rotatable bonds is 12. The number of hydrogen-bond donors (Lipinski definition) is 6. The molecule has 5 aromatic rings. The van der Waals surface area contributed by atoms with Crippen LogP contribution in [0.25, 0.3) is 21.1 Å². The summed E-state index contributed by atoms with van der Waals surface area (Å²) in [7, 11) is 3.11. The molecule has 4 atom stereocenters. The highest BCUT2D eigenvalue weighted by Gasteiger charge is 2.27. The number of anilines is 2. The van der Waals surface area contributed by atoms with E-state index in [1.807, 2.05) is 12.1 Å². The summed E-state index contributed by atoms with van der Waals surface area (Å²) in [6, 6.07) is 18.3. The number of carbonyl (C=O) groups is 2. The summed E-state index contributed by atoms with van der Waals surface area (Å²) >= 11 is 12.4. The van der Waals surface area contributed by atoms with E-state index in [2.05, 4.69) is 41.4 Å². The van der Waals surface area contributed by atoms with Gasteiger partial charge in [-0.15, -0.1) is 10.2 Å². The van der Waals surface area contributed by atoms with E-state index in [4.69, 9.17) is 55.0 Å². The molecular weight excluding hydrogens is 839 g/mol. The molecule has 6 N–H and O–H groups in total. The maximum Gasteiger partial charge on any atom is 0.269 e. The van der Waals surface area contributed by atoms with Gasteiger partial charge in [0, 0.05) is 35.7 Å². The highest BCUT2D eigenvalue weighted by atomic mass is 35.5. The van der Waals surface area contributed by atoms with Crippen LogP contribution in [0.2, 0.25) is 10.0 Å². The zero-order valence-corrected chi connectivity index (χ0v) is 36.5. The highest BCUT2D eigenvalue weighted by Crippen LogP contribution is 2.36. The number of hydrogen-bond acceptors (Lipinski definition) is 12. The lowest BCUT2D eigenvalue weighted by Gasteiger charge is -2.23. The standard InChI is InChI=1S/C20H21ClN4O4.C20H19ClN4O3.C4H8O/c1-11-15(9-10-16(22-3)17(11)21)23-18(12(2)26)20(28)25-24-19(27)13-5-7-14(29-4)8-6-13;1-11-15(9-10-16(22-3)17(11)21)23-18(12(2)26)20-25-24-19(28-20)13-5-7-14(27-4)8-6-13;1-2-4-5-3-1/h5-10,12,18,23,26H,1-2,4H3,(H,24,27)(H,25,28);5-10,12,18,23,26H,1-2,4H3;1-4H2/t2*12-,18+;/m00./s1. The second-order valence-corrected chi connectivity index (χ2v) is 14.5. The first-order valence-electron chi connectivity index (χ1n) is 19.2. The van der Waals surface area contributed by atoms with Gasteiger partial charge in [0.2, 0.25) is 23.2 Å². The van der Waals surface area contributed by atoms with E-state index in [0.717, 1.165) is 24.5 Å². The van der Waals surface area contributed by atoms with E-state index in [-0.39, 0.29) is 10.9 Å². The number of aromatic nitrogens is 2. The van der Waals surface area contributed by atoms with Gasteiger partial charge in [-0.05, 0) is 112 Å². The van der Waals surface area contributed by atoms with Crippen molar-refractivity contribution >= 4 is 57.8 Å². The number of aliphatic hydroxyl groups is 2. The Morgan fingerprint density at radius 2 is 1.26 bits per heavy atom. The fourth-order valence-corrected chi connectivity index (χ4v) is 6.10. The molecule has 4 aromatic carbocycles. The number of amides is 2. The normalized spacial score (nSPS) is 13.5. The Kier molecular flexibility index (Phi) is 18.3. The van der Waals surface area contributed by atoms with Crippen LogP contribution in [0.15, 0.2) is 77.2 Å². The largest absolute Gasteiger partial charge is 0.497 e. The molecule has 0 radical (unpaired) electrons. The molecule has 326 valence electrons. The summed E-state index contributed by atoms with van der Waals surface area (Å²) in [4.78, 5) is 31.4. The van der Waals surface area contributed by atoms with Gasteiger partial charge in [-0.3, -0.25) is 20.4 Å². The van der Waals surface area contributed by atoms with Crippen molar-refractivity contribution in [3.63, 3.8) is 0 Å². The average Bonchev–Trinajstić information content (AvgIpc) is 4.04. The van der Waals surface area contributed by atoms with Gasteiger partial charge in [0.05, 0.1) is 49.6 Å². The molecule has 62 heavy (non-hydrogen) atoms. The van der Waals surface area contributed by atoms with Crippen LogP contribution in [0.5, 0.6) is 11.5 Å². The van der Waals surface area contributed by atoms with Crippen molar-refractivity contribution in [3.05, 3.63) is 128 Å². The highest BCUT2D eigenvalue weighted by molar-refractivity contribution is 6.35. The maximum atomic E-state index is 12.5. The first kappa shape index (κ1) is 48.3. The van der Waals surface area contributed by atoms with E-state index in [1.165, 1.54) is 32.9 Å². The average molecular weight is 888 g/mol. The molecule has 0 unspecified atom stereocenters. The summed E-state index contributed by atoms with van der Waals surface area (Å²) in [5.74, 6) is 0.732. The Bertz CT molecular complexity index is 2350. The monoisotopic (exact) mass is 886 g/mol. The Balaban J connectivity index is 0.000000244. The van der Waals surface area contributed by atoms with Crippen molar-refractivity contribution < 1.29 is 38.4 Å². The number of methoxy groups -OCH3 is 2. The summed E-state index contributed by atoms with van der Waals surface area (Å²) in [5.41, 5.74) is 8.77. The van der Waals surface area contributed by atoms with Crippen LogP contribution in [-0.4, -0.2) is 77.9 Å². The number of hydrazine groups is 1. The van der Waals surface area contributed by atoms with Crippen LogP contribution in [0, 0.1) is 27.0 Å². The Morgan fingerprint density at radius 1 is 0.742 bits per heavy atom. The van der Waals surface area contributed by atoms with Crippen LogP contribution in [-0.2, 0) is 9.53 Å². The lowest BCUT2D eigenvalue weighted by Crippen LogP contribution is -2.52. The predicted molar refractivity (Wildman–Crippen MR) is 237 cm³/mol. The number of ether oxygens (including phenoxy) is 3. The first-order chi connectivity index (χ1) is 29.7. The minimum atomic E-state index is -1.08. The van der Waals surface area contributed by atoms with Crippen LogP contribution in [0.4, 0.5) is 22.7 Å². The van der Waals surface area contributed by atoms with Crippen molar-refractivity contribution in [1.82, 2.24) is 21.0 Å². The Labute approximate surface area is 370 Å². The van der Waals surface area contributed by atoms with E-state index >= 15 is 0 Å². The molecule has 1 aromatic heterocycles. The van der Waals surface area contributed by atoms with Gasteiger partial charge in [-0.25, -0.2) is 9.69 Å². The zero-order valence-electron chi connectivity index (χ0n) is 35.0. The summed E-state index contributed by atoms with van der Waals surface area (Å²) in [6.07, 6.45) is 0.662. The van der Waals surface area contributed by atoms with Crippen molar-refractivity contribution in [2.75, 3.05) is 38.1 Å². The van der Waals surface area contributed by atoms with Gasteiger partial charge in [-0.1, -0.05) is 35.3 Å². The Morgan fingerprint density at radius 3 is 1.71 bits per heavy atom. The molecule has 16 nitrogen and oxygen atoms in total. The lowest BCUT2D eigenvalue weighted by atomic mass is 10.1. The first-order valence-corrected chi connectivity index (χ1v) is 20.0. The van der Waals surface area contributed by atoms with Crippen LogP contribution >= 0.6 is 23.2 Å². The lowest BCUT2D eigenvalue weighted by molar-refractivity contribution is -0.124. The second kappa shape index (κ2) is 23.6. The van der Waals surface area contributed by atoms with Crippen molar-refractivity contribution in [2.45, 2.75) is 64.8 Å². The van der Waals surface area contributed by atoms with Crippen LogP contribution in [0.3, 0.4) is 0 Å². The molecule has 1 aliphatic rings. The Hall–Kier alpha value is -6.40. The third-order valence-corrected chi connectivity index (χ3v) is 10.3. The summed E-state index contributed by atoms with van der Waals surface area (Å²) in [6.45, 7) is 22.8. The number of nitrogens with zero attached hydrogens (tertiary/aromatic N) is 4. The second-order valence-electron chi connectivity index (χ2n) is 13.8. The van der Waals surface area contributed by atoms with Gasteiger partial charge in [0.25, 0.3) is 11.8 Å². The number of carbonyl (C=O) groups excluding carboxylic acids is 2. The third-order valence-electron chi connectivity index (χ3n) is 9.36.